The Balaban J connectivity index is 3.00. The highest BCUT2D eigenvalue weighted by Crippen LogP contribution is 2.33. The van der Waals surface area contributed by atoms with Crippen LogP contribution in [0.25, 0.3) is 0 Å². The van der Waals surface area contributed by atoms with Gasteiger partial charge in [-0.05, 0) is 18.6 Å². The molecule has 1 rings (SSSR count). The van der Waals surface area contributed by atoms with E-state index in [0.717, 1.165) is 0 Å². The van der Waals surface area contributed by atoms with Crippen LogP contribution >= 0.6 is 23.2 Å². The molecule has 0 fully saturated rings. The summed E-state index contributed by atoms with van der Waals surface area (Å²) >= 11 is 11.4. The molecule has 0 saturated heterocycles. The normalized spacial score (nSPS) is 15.3. The average Bonchev–Trinajstić information content (AvgIpc) is 2.27. The van der Waals surface area contributed by atoms with Crippen LogP contribution in [0.15, 0.2) is 18.2 Å². The van der Waals surface area contributed by atoms with E-state index in [2.05, 4.69) is 0 Å². The van der Waals surface area contributed by atoms with Gasteiger partial charge in [0.25, 0.3) is 0 Å². The smallest absolute Gasteiger partial charge is 0.426 e. The number of hydrogen-bond donors (Lipinski definition) is 1. The molecule has 0 radical (unpaired) electrons. The lowest BCUT2D eigenvalue weighted by Crippen LogP contribution is -2.48. The fourth-order valence-electron chi connectivity index (χ4n) is 1.32. The molecule has 0 aliphatic heterocycles. The van der Waals surface area contributed by atoms with Gasteiger partial charge in [-0.1, -0.05) is 30.1 Å². The van der Waals surface area contributed by atoms with Gasteiger partial charge in [-0.15, -0.1) is 0 Å². The maximum atomic E-state index is 12.8. The van der Waals surface area contributed by atoms with Crippen molar-refractivity contribution in [2.75, 3.05) is 0 Å². The molecule has 102 valence electrons. The quantitative estimate of drug-likeness (QED) is 0.911. The second-order valence-corrected chi connectivity index (χ2v) is 4.57. The van der Waals surface area contributed by atoms with E-state index in [1.54, 1.807) is 6.92 Å². The third-order valence-corrected chi connectivity index (χ3v) is 2.88. The van der Waals surface area contributed by atoms with Gasteiger partial charge >= 0.3 is 6.18 Å². The average molecular weight is 302 g/mol. The predicted molar refractivity (Wildman–Crippen MR) is 65.2 cm³/mol. The Morgan fingerprint density at radius 2 is 1.94 bits per heavy atom. The molecule has 0 aliphatic carbocycles. The molecule has 0 aromatic heterocycles. The van der Waals surface area contributed by atoms with Crippen molar-refractivity contribution in [1.82, 2.24) is 0 Å². The Morgan fingerprint density at radius 1 is 1.33 bits per heavy atom. The number of nitrogens with two attached hydrogens (primary N) is 1. The topological polar surface area (TPSA) is 35.2 Å². The van der Waals surface area contributed by atoms with Crippen molar-refractivity contribution in [1.29, 1.82) is 0 Å². The lowest BCUT2D eigenvalue weighted by Gasteiger charge is -2.26. The first-order chi connectivity index (χ1) is 8.25. The van der Waals surface area contributed by atoms with E-state index in [1.807, 2.05) is 0 Å². The van der Waals surface area contributed by atoms with Crippen LogP contribution in [0.5, 0.6) is 5.75 Å². The molecule has 2 N–H and O–H groups in total. The third-order valence-electron chi connectivity index (χ3n) is 2.33. The molecule has 7 heteroatoms. The number of alkyl halides is 3. The molecule has 0 spiro atoms. The van der Waals surface area contributed by atoms with Gasteiger partial charge in [0.1, 0.15) is 5.75 Å². The number of hydrogen-bond acceptors (Lipinski definition) is 2. The second kappa shape index (κ2) is 5.99. The summed E-state index contributed by atoms with van der Waals surface area (Å²) in [5.74, 6) is -0.129. The van der Waals surface area contributed by atoms with E-state index in [0.29, 0.717) is 0 Å². The van der Waals surface area contributed by atoms with Crippen LogP contribution in [-0.2, 0) is 0 Å². The number of ether oxygens (including phenoxy) is 1. The van der Waals surface area contributed by atoms with Gasteiger partial charge in [-0.25, -0.2) is 0 Å². The van der Waals surface area contributed by atoms with Crippen LogP contribution < -0.4 is 10.5 Å². The molecule has 18 heavy (non-hydrogen) atoms. The minimum absolute atomic E-state index is 0.0527. The summed E-state index contributed by atoms with van der Waals surface area (Å²) in [7, 11) is 0. The van der Waals surface area contributed by atoms with E-state index in [9.17, 15) is 13.2 Å². The Hall–Kier alpha value is -0.650. The molecule has 0 aliphatic rings. The van der Waals surface area contributed by atoms with Gasteiger partial charge in [0, 0.05) is 11.1 Å². The minimum Gasteiger partial charge on any atom is -0.478 e. The predicted octanol–water partition coefficient (Wildman–Crippen LogP) is 4.04. The molecule has 0 amide bonds. The molecule has 1 aromatic rings. The van der Waals surface area contributed by atoms with Crippen molar-refractivity contribution in [2.24, 2.45) is 5.73 Å². The van der Waals surface area contributed by atoms with Crippen molar-refractivity contribution < 1.29 is 17.9 Å². The maximum absolute atomic E-state index is 12.8. The van der Waals surface area contributed by atoms with Crippen LogP contribution in [0.2, 0.25) is 10.0 Å². The number of benzene rings is 1. The van der Waals surface area contributed by atoms with Crippen LogP contribution in [0, 0.1) is 0 Å². The molecule has 0 heterocycles. The summed E-state index contributed by atoms with van der Waals surface area (Å²) in [5.41, 5.74) is 5.42. The van der Waals surface area contributed by atoms with E-state index in [1.165, 1.54) is 18.2 Å². The zero-order valence-corrected chi connectivity index (χ0v) is 11.0. The van der Waals surface area contributed by atoms with Gasteiger partial charge in [0.2, 0.25) is 6.10 Å². The molecule has 2 atom stereocenters. The molecular formula is C11H12Cl2F3NO. The highest BCUT2D eigenvalue weighted by atomic mass is 35.5. The standard InChI is InChI=1S/C11H12Cl2F3NO/c1-2-8(17)10(11(14,15)16)18-9-5-6(12)3-4-7(9)13/h3-5,8,10H,2,17H2,1H3. The molecule has 0 saturated carbocycles. The third kappa shape index (κ3) is 3.93. The molecule has 1 aromatic carbocycles. The van der Waals surface area contributed by atoms with E-state index in [4.69, 9.17) is 33.7 Å². The molecule has 2 unspecified atom stereocenters. The lowest BCUT2D eigenvalue weighted by atomic mass is 10.1. The second-order valence-electron chi connectivity index (χ2n) is 3.73. The molecular weight excluding hydrogens is 290 g/mol. The number of halogens is 5. The lowest BCUT2D eigenvalue weighted by molar-refractivity contribution is -0.200. The molecule has 0 bridgehead atoms. The first kappa shape index (κ1) is 15.4. The van der Waals surface area contributed by atoms with E-state index in [-0.39, 0.29) is 22.2 Å². The first-order valence-corrected chi connectivity index (χ1v) is 5.95. The van der Waals surface area contributed by atoms with Crippen molar-refractivity contribution in [3.63, 3.8) is 0 Å². The maximum Gasteiger partial charge on any atom is 0.426 e. The monoisotopic (exact) mass is 301 g/mol. The first-order valence-electron chi connectivity index (χ1n) is 5.19. The summed E-state index contributed by atoms with van der Waals surface area (Å²) in [4.78, 5) is 0. The van der Waals surface area contributed by atoms with Gasteiger partial charge in [0.15, 0.2) is 0 Å². The minimum atomic E-state index is -4.57. The fraction of sp³-hybridized carbons (Fsp3) is 0.455. The summed E-state index contributed by atoms with van der Waals surface area (Å²) in [5, 5.41) is 0.289. The van der Waals surface area contributed by atoms with Crippen molar-refractivity contribution in [3.05, 3.63) is 28.2 Å². The Kier molecular flexibility index (Phi) is 5.13. The van der Waals surface area contributed by atoms with Gasteiger partial charge in [0.05, 0.1) is 11.1 Å². The highest BCUT2D eigenvalue weighted by molar-refractivity contribution is 6.34. The van der Waals surface area contributed by atoms with Crippen LogP contribution in [0.3, 0.4) is 0 Å². The Morgan fingerprint density at radius 3 is 2.44 bits per heavy atom. The zero-order chi connectivity index (χ0) is 13.9. The molecule has 2 nitrogen and oxygen atoms in total. The van der Waals surface area contributed by atoms with Crippen molar-refractivity contribution >= 4 is 23.2 Å². The largest absolute Gasteiger partial charge is 0.478 e. The SMILES string of the molecule is CCC(N)C(Oc1cc(Cl)ccc1Cl)C(F)(F)F. The van der Waals surface area contributed by atoms with Crippen LogP contribution in [0.4, 0.5) is 13.2 Å². The van der Waals surface area contributed by atoms with E-state index < -0.39 is 18.3 Å². The zero-order valence-electron chi connectivity index (χ0n) is 9.47. The van der Waals surface area contributed by atoms with E-state index >= 15 is 0 Å². The Bertz CT molecular complexity index is 412. The summed E-state index contributed by atoms with van der Waals surface area (Å²) in [6.07, 6.45) is -6.55. The van der Waals surface area contributed by atoms with Gasteiger partial charge < -0.3 is 10.5 Å². The highest BCUT2D eigenvalue weighted by Gasteiger charge is 2.45. The number of rotatable bonds is 4. The van der Waals surface area contributed by atoms with Crippen molar-refractivity contribution in [3.8, 4) is 5.75 Å². The van der Waals surface area contributed by atoms with Gasteiger partial charge in [-0.3, -0.25) is 0 Å². The summed E-state index contributed by atoms with van der Waals surface area (Å²) < 4.78 is 43.3. The summed E-state index contributed by atoms with van der Waals surface area (Å²) in [6, 6.07) is 2.88. The summed E-state index contributed by atoms with van der Waals surface area (Å²) in [6.45, 7) is 1.55. The van der Waals surface area contributed by atoms with Crippen LogP contribution in [0.1, 0.15) is 13.3 Å². The fourth-order valence-corrected chi connectivity index (χ4v) is 1.64. The Labute approximate surface area is 113 Å². The van der Waals surface area contributed by atoms with Crippen LogP contribution in [-0.4, -0.2) is 18.3 Å². The van der Waals surface area contributed by atoms with Crippen molar-refractivity contribution in [2.45, 2.75) is 31.7 Å². The van der Waals surface area contributed by atoms with Gasteiger partial charge in [-0.2, -0.15) is 13.2 Å².